The maximum absolute atomic E-state index is 12.9. The summed E-state index contributed by atoms with van der Waals surface area (Å²) in [5, 5.41) is 7.07. The summed E-state index contributed by atoms with van der Waals surface area (Å²) in [5.41, 5.74) is 0.434. The fourth-order valence-electron chi connectivity index (χ4n) is 2.97. The molecule has 9 nitrogen and oxygen atoms in total. The number of esters is 1. The molecule has 0 bridgehead atoms. The van der Waals surface area contributed by atoms with E-state index >= 15 is 0 Å². The Balaban J connectivity index is 1.79. The molecule has 31 heavy (non-hydrogen) atoms. The van der Waals surface area contributed by atoms with Crippen LogP contribution in [0.5, 0.6) is 0 Å². The molecule has 1 heterocycles. The van der Waals surface area contributed by atoms with Crippen LogP contribution in [0, 0.1) is 0 Å². The van der Waals surface area contributed by atoms with Gasteiger partial charge in [0.2, 0.25) is 0 Å². The van der Waals surface area contributed by atoms with Gasteiger partial charge in [-0.3, -0.25) is 14.9 Å². The van der Waals surface area contributed by atoms with Gasteiger partial charge in [0, 0.05) is 24.9 Å². The van der Waals surface area contributed by atoms with Crippen molar-refractivity contribution in [1.29, 1.82) is 0 Å². The van der Waals surface area contributed by atoms with Crippen LogP contribution in [0.3, 0.4) is 0 Å². The van der Waals surface area contributed by atoms with E-state index in [0.717, 1.165) is 31.9 Å². The molecule has 166 valence electrons. The van der Waals surface area contributed by atoms with Gasteiger partial charge in [0.25, 0.3) is 5.91 Å². The Bertz CT molecular complexity index is 1070. The van der Waals surface area contributed by atoms with Crippen LogP contribution in [0.2, 0.25) is 0 Å². The lowest BCUT2D eigenvalue weighted by molar-refractivity contribution is -0.142. The molecule has 1 saturated carbocycles. The number of sulfone groups is 1. The topological polar surface area (TPSA) is 124 Å². The maximum atomic E-state index is 12.9. The first-order valence-corrected chi connectivity index (χ1v) is 12.4. The molecule has 0 spiro atoms. The molecule has 1 amide bonds. The first-order chi connectivity index (χ1) is 14.7. The number of hydrogen-bond acceptors (Lipinski definition) is 9. The third kappa shape index (κ3) is 6.59. The van der Waals surface area contributed by atoms with Crippen molar-refractivity contribution in [3.05, 3.63) is 40.9 Å². The third-order valence-electron chi connectivity index (χ3n) is 4.56. The molecule has 1 fully saturated rings. The van der Waals surface area contributed by atoms with Gasteiger partial charge in [-0.1, -0.05) is 28.6 Å². The summed E-state index contributed by atoms with van der Waals surface area (Å²) in [7, 11) is -3.36. The fourth-order valence-corrected chi connectivity index (χ4v) is 4.32. The van der Waals surface area contributed by atoms with E-state index < -0.39 is 21.7 Å². The second kappa shape index (κ2) is 10.0. The van der Waals surface area contributed by atoms with Crippen molar-refractivity contribution in [2.75, 3.05) is 11.6 Å². The Hall–Kier alpha value is -2.79. The zero-order valence-electron chi connectivity index (χ0n) is 17.2. The monoisotopic (exact) mass is 465 g/mol. The SMILES string of the molecule is CC(=O)OCc1cnc(NC(=O)/C(=N/OC2CCCC2)c2ccc(S(C)(=O)=O)cc2)s1. The van der Waals surface area contributed by atoms with Gasteiger partial charge in [-0.25, -0.2) is 13.4 Å². The number of nitrogens with one attached hydrogen (secondary N) is 1. The lowest BCUT2D eigenvalue weighted by Crippen LogP contribution is -2.25. The number of carbonyl (C=O) groups excluding carboxylic acids is 2. The molecular weight excluding hydrogens is 442 g/mol. The highest BCUT2D eigenvalue weighted by molar-refractivity contribution is 7.90. The molecule has 0 unspecified atom stereocenters. The van der Waals surface area contributed by atoms with E-state index in [4.69, 9.17) is 9.57 Å². The minimum atomic E-state index is -3.36. The van der Waals surface area contributed by atoms with Gasteiger partial charge < -0.3 is 9.57 Å². The molecule has 0 atom stereocenters. The minimum absolute atomic E-state index is 0.0173. The number of aromatic nitrogens is 1. The van der Waals surface area contributed by atoms with E-state index in [2.05, 4.69) is 15.5 Å². The van der Waals surface area contributed by atoms with E-state index in [1.807, 2.05) is 0 Å². The summed E-state index contributed by atoms with van der Waals surface area (Å²) >= 11 is 1.17. The summed E-state index contributed by atoms with van der Waals surface area (Å²) in [5.74, 6) is -0.950. The Morgan fingerprint density at radius 1 is 1.23 bits per heavy atom. The Kier molecular flexibility index (Phi) is 7.39. The highest BCUT2D eigenvalue weighted by Gasteiger charge is 2.21. The molecular formula is C20H23N3O6S2. The van der Waals surface area contributed by atoms with Gasteiger partial charge in [-0.05, 0) is 37.8 Å². The van der Waals surface area contributed by atoms with Crippen molar-refractivity contribution < 1.29 is 27.6 Å². The van der Waals surface area contributed by atoms with Crippen molar-refractivity contribution in [2.24, 2.45) is 5.16 Å². The number of ether oxygens (including phenoxy) is 1. The zero-order chi connectivity index (χ0) is 22.4. The lowest BCUT2D eigenvalue weighted by atomic mass is 10.1. The number of nitrogens with zero attached hydrogens (tertiary/aromatic N) is 2. The number of oxime groups is 1. The van der Waals surface area contributed by atoms with Gasteiger partial charge in [-0.2, -0.15) is 0 Å². The molecule has 1 aromatic heterocycles. The molecule has 0 saturated heterocycles. The summed E-state index contributed by atoms with van der Waals surface area (Å²) in [6.45, 7) is 1.38. The normalized spacial score (nSPS) is 15.0. The van der Waals surface area contributed by atoms with Gasteiger partial charge in [0.1, 0.15) is 12.7 Å². The molecule has 1 aromatic carbocycles. The number of hydrogen-bond donors (Lipinski definition) is 1. The summed E-state index contributed by atoms with van der Waals surface area (Å²) in [6.07, 6.45) is 6.42. The standard InChI is InChI=1S/C20H23N3O6S2/c1-13(24)28-12-16-11-21-20(30-16)22-19(25)18(23-29-15-5-3-4-6-15)14-7-9-17(10-8-14)31(2,26)27/h7-11,15H,3-6,12H2,1-2H3,(H,21,22,25)/b23-18+. The largest absolute Gasteiger partial charge is 0.460 e. The Morgan fingerprint density at radius 2 is 1.90 bits per heavy atom. The Morgan fingerprint density at radius 3 is 2.52 bits per heavy atom. The number of rotatable bonds is 8. The smallest absolute Gasteiger partial charge is 0.302 e. The maximum Gasteiger partial charge on any atom is 0.302 e. The Labute approximate surface area is 184 Å². The number of carbonyl (C=O) groups is 2. The van der Waals surface area contributed by atoms with Gasteiger partial charge in [-0.15, -0.1) is 0 Å². The summed E-state index contributed by atoms with van der Waals surface area (Å²) < 4.78 is 28.4. The second-order valence-corrected chi connectivity index (χ2v) is 10.2. The highest BCUT2D eigenvalue weighted by atomic mass is 32.2. The second-order valence-electron chi connectivity index (χ2n) is 7.11. The average Bonchev–Trinajstić information content (AvgIpc) is 3.38. The van der Waals surface area contributed by atoms with Gasteiger partial charge >= 0.3 is 5.97 Å². The van der Waals surface area contributed by atoms with Crippen molar-refractivity contribution in [1.82, 2.24) is 4.98 Å². The van der Waals surface area contributed by atoms with Crippen LogP contribution in [0.4, 0.5) is 5.13 Å². The minimum Gasteiger partial charge on any atom is -0.460 e. The molecule has 3 rings (SSSR count). The molecule has 0 aliphatic heterocycles. The lowest BCUT2D eigenvalue weighted by Gasteiger charge is -2.10. The van der Waals surface area contributed by atoms with Crippen molar-refractivity contribution in [2.45, 2.75) is 50.2 Å². The first-order valence-electron chi connectivity index (χ1n) is 9.66. The fraction of sp³-hybridized carbons (Fsp3) is 0.400. The van der Waals surface area contributed by atoms with E-state index in [0.29, 0.717) is 15.6 Å². The summed E-state index contributed by atoms with van der Waals surface area (Å²) in [6, 6.07) is 5.87. The molecule has 1 N–H and O–H groups in total. The van der Waals surface area contributed by atoms with Crippen LogP contribution in [0.25, 0.3) is 0 Å². The quantitative estimate of drug-likeness (QED) is 0.361. The van der Waals surface area contributed by atoms with E-state index in [1.54, 1.807) is 0 Å². The van der Waals surface area contributed by atoms with E-state index in [-0.39, 0.29) is 23.3 Å². The molecule has 2 aromatic rings. The van der Waals surface area contributed by atoms with E-state index in [1.165, 1.54) is 48.7 Å². The van der Waals surface area contributed by atoms with Crippen LogP contribution >= 0.6 is 11.3 Å². The third-order valence-corrected chi connectivity index (χ3v) is 6.57. The molecule has 0 radical (unpaired) electrons. The van der Waals surface area contributed by atoms with Crippen LogP contribution in [0.1, 0.15) is 43.0 Å². The van der Waals surface area contributed by atoms with Crippen molar-refractivity contribution in [3.63, 3.8) is 0 Å². The van der Waals surface area contributed by atoms with Crippen LogP contribution in [0.15, 0.2) is 40.5 Å². The highest BCUT2D eigenvalue weighted by Crippen LogP contribution is 2.22. The zero-order valence-corrected chi connectivity index (χ0v) is 18.8. The predicted octanol–water partition coefficient (Wildman–Crippen LogP) is 2.91. The van der Waals surface area contributed by atoms with Crippen molar-refractivity contribution in [3.8, 4) is 0 Å². The van der Waals surface area contributed by atoms with Crippen LogP contribution in [-0.4, -0.2) is 43.3 Å². The van der Waals surface area contributed by atoms with Gasteiger partial charge in [0.05, 0.1) is 9.77 Å². The molecule has 11 heteroatoms. The van der Waals surface area contributed by atoms with Crippen LogP contribution < -0.4 is 5.32 Å². The first kappa shape index (κ1) is 22.9. The average molecular weight is 466 g/mol. The van der Waals surface area contributed by atoms with Crippen LogP contribution in [-0.2, 0) is 35.6 Å². The summed E-state index contributed by atoms with van der Waals surface area (Å²) in [4.78, 5) is 34.4. The van der Waals surface area contributed by atoms with Gasteiger partial charge in [0.15, 0.2) is 20.7 Å². The van der Waals surface area contributed by atoms with Crippen molar-refractivity contribution >= 4 is 43.9 Å². The number of amides is 1. The predicted molar refractivity (Wildman–Crippen MR) is 116 cm³/mol. The van der Waals surface area contributed by atoms with E-state index in [9.17, 15) is 18.0 Å². The number of benzene rings is 1. The molecule has 1 aliphatic rings. The molecule has 1 aliphatic carbocycles. The number of anilines is 1. The number of thiazole rings is 1.